The van der Waals surface area contributed by atoms with Gasteiger partial charge in [0, 0.05) is 11.8 Å². The first-order valence-electron chi connectivity index (χ1n) is 5.72. The van der Waals surface area contributed by atoms with Gasteiger partial charge in [-0.05, 0) is 43.2 Å². The van der Waals surface area contributed by atoms with Gasteiger partial charge >= 0.3 is 5.69 Å². The lowest BCUT2D eigenvalue weighted by Gasteiger charge is -2.08. The average Bonchev–Trinajstić information content (AvgIpc) is 2.26. The van der Waals surface area contributed by atoms with Crippen LogP contribution < -0.4 is 11.1 Å². The van der Waals surface area contributed by atoms with Gasteiger partial charge in [-0.15, -0.1) is 0 Å². The SMILES string of the molecule is Cc1cc(C)cc(Nc2nc(N)ccc2[N+](=O)[O-])c1. The minimum atomic E-state index is -0.489. The minimum absolute atomic E-state index is 0.103. The van der Waals surface area contributed by atoms with Crippen LogP contribution in [0.4, 0.5) is 23.0 Å². The molecule has 0 saturated carbocycles. The molecule has 0 bridgehead atoms. The molecule has 0 unspecified atom stereocenters. The second-order valence-electron chi connectivity index (χ2n) is 4.36. The Labute approximate surface area is 110 Å². The number of nitro groups is 1. The molecular formula is C13H14N4O2. The Bertz CT molecular complexity index is 620. The first-order valence-corrected chi connectivity index (χ1v) is 5.72. The molecule has 2 rings (SSSR count). The molecule has 0 aliphatic rings. The van der Waals surface area contributed by atoms with Crippen LogP contribution >= 0.6 is 0 Å². The first kappa shape index (κ1) is 12.8. The Balaban J connectivity index is 2.42. The smallest absolute Gasteiger partial charge is 0.311 e. The largest absolute Gasteiger partial charge is 0.384 e. The van der Waals surface area contributed by atoms with Crippen LogP contribution in [-0.2, 0) is 0 Å². The number of pyridine rings is 1. The van der Waals surface area contributed by atoms with E-state index >= 15 is 0 Å². The molecular weight excluding hydrogens is 244 g/mol. The molecule has 0 atom stereocenters. The molecule has 1 heterocycles. The summed E-state index contributed by atoms with van der Waals surface area (Å²) in [4.78, 5) is 14.4. The molecule has 6 nitrogen and oxygen atoms in total. The average molecular weight is 258 g/mol. The molecule has 2 aromatic rings. The van der Waals surface area contributed by atoms with E-state index in [-0.39, 0.29) is 17.3 Å². The van der Waals surface area contributed by atoms with E-state index in [0.717, 1.165) is 16.8 Å². The fourth-order valence-electron chi connectivity index (χ4n) is 1.89. The molecule has 0 radical (unpaired) electrons. The van der Waals surface area contributed by atoms with Crippen molar-refractivity contribution in [3.8, 4) is 0 Å². The van der Waals surface area contributed by atoms with Gasteiger partial charge in [0.15, 0.2) is 0 Å². The van der Waals surface area contributed by atoms with Crippen LogP contribution in [-0.4, -0.2) is 9.91 Å². The maximum atomic E-state index is 10.9. The zero-order valence-electron chi connectivity index (χ0n) is 10.7. The van der Waals surface area contributed by atoms with Crippen molar-refractivity contribution < 1.29 is 4.92 Å². The molecule has 0 amide bonds. The van der Waals surface area contributed by atoms with E-state index < -0.39 is 4.92 Å². The molecule has 0 saturated heterocycles. The third-order valence-corrected chi connectivity index (χ3v) is 2.58. The second-order valence-corrected chi connectivity index (χ2v) is 4.36. The normalized spacial score (nSPS) is 10.2. The zero-order chi connectivity index (χ0) is 14.0. The molecule has 98 valence electrons. The highest BCUT2D eigenvalue weighted by Gasteiger charge is 2.15. The van der Waals surface area contributed by atoms with Crippen molar-refractivity contribution >= 4 is 23.0 Å². The van der Waals surface area contributed by atoms with Crippen LogP contribution in [0.5, 0.6) is 0 Å². The van der Waals surface area contributed by atoms with Crippen molar-refractivity contribution in [3.05, 3.63) is 51.6 Å². The number of hydrogen-bond acceptors (Lipinski definition) is 5. The Kier molecular flexibility index (Phi) is 3.33. The van der Waals surface area contributed by atoms with Gasteiger partial charge in [-0.2, -0.15) is 0 Å². The Hall–Kier alpha value is -2.63. The van der Waals surface area contributed by atoms with E-state index in [0.29, 0.717) is 0 Å². The number of benzene rings is 1. The van der Waals surface area contributed by atoms with Crippen molar-refractivity contribution in [3.63, 3.8) is 0 Å². The molecule has 0 aliphatic carbocycles. The Morgan fingerprint density at radius 2 is 1.84 bits per heavy atom. The van der Waals surface area contributed by atoms with Gasteiger partial charge in [-0.3, -0.25) is 10.1 Å². The highest BCUT2D eigenvalue weighted by molar-refractivity contribution is 5.68. The lowest BCUT2D eigenvalue weighted by molar-refractivity contribution is -0.384. The van der Waals surface area contributed by atoms with Crippen LogP contribution in [0.25, 0.3) is 0 Å². The van der Waals surface area contributed by atoms with Gasteiger partial charge in [-0.25, -0.2) is 4.98 Å². The predicted octanol–water partition coefficient (Wildman–Crippen LogP) is 2.93. The van der Waals surface area contributed by atoms with Gasteiger partial charge in [0.1, 0.15) is 5.82 Å². The number of rotatable bonds is 3. The fraction of sp³-hybridized carbons (Fsp3) is 0.154. The molecule has 0 aliphatic heterocycles. The van der Waals surface area contributed by atoms with E-state index in [1.54, 1.807) is 0 Å². The summed E-state index contributed by atoms with van der Waals surface area (Å²) in [7, 11) is 0. The molecule has 19 heavy (non-hydrogen) atoms. The summed E-state index contributed by atoms with van der Waals surface area (Å²) in [6.45, 7) is 3.92. The van der Waals surface area contributed by atoms with Crippen LogP contribution in [0.3, 0.4) is 0 Å². The quantitative estimate of drug-likeness (QED) is 0.652. The van der Waals surface area contributed by atoms with E-state index in [9.17, 15) is 10.1 Å². The number of nitrogen functional groups attached to an aromatic ring is 1. The highest BCUT2D eigenvalue weighted by atomic mass is 16.6. The second kappa shape index (κ2) is 4.93. The summed E-state index contributed by atoms with van der Waals surface area (Å²) in [6.07, 6.45) is 0. The lowest BCUT2D eigenvalue weighted by Crippen LogP contribution is -2.02. The van der Waals surface area contributed by atoms with Crippen molar-refractivity contribution in [2.75, 3.05) is 11.1 Å². The maximum Gasteiger partial charge on any atom is 0.311 e. The topological polar surface area (TPSA) is 94.1 Å². The lowest BCUT2D eigenvalue weighted by atomic mass is 10.1. The fourth-order valence-corrected chi connectivity index (χ4v) is 1.89. The molecule has 1 aromatic carbocycles. The third kappa shape index (κ3) is 2.98. The van der Waals surface area contributed by atoms with Gasteiger partial charge in [0.2, 0.25) is 5.82 Å². The number of nitrogens with zero attached hydrogens (tertiary/aromatic N) is 2. The van der Waals surface area contributed by atoms with Crippen molar-refractivity contribution in [1.82, 2.24) is 4.98 Å². The number of nitrogens with one attached hydrogen (secondary N) is 1. The van der Waals surface area contributed by atoms with E-state index in [1.165, 1.54) is 12.1 Å². The van der Waals surface area contributed by atoms with E-state index in [1.807, 2.05) is 32.0 Å². The Morgan fingerprint density at radius 1 is 1.21 bits per heavy atom. The molecule has 0 spiro atoms. The minimum Gasteiger partial charge on any atom is -0.384 e. The van der Waals surface area contributed by atoms with Crippen molar-refractivity contribution in [2.45, 2.75) is 13.8 Å². The Morgan fingerprint density at radius 3 is 2.42 bits per heavy atom. The van der Waals surface area contributed by atoms with Crippen molar-refractivity contribution in [1.29, 1.82) is 0 Å². The number of aromatic nitrogens is 1. The highest BCUT2D eigenvalue weighted by Crippen LogP contribution is 2.27. The van der Waals surface area contributed by atoms with Gasteiger partial charge in [0.05, 0.1) is 4.92 Å². The molecule has 3 N–H and O–H groups in total. The van der Waals surface area contributed by atoms with Crippen LogP contribution in [0.2, 0.25) is 0 Å². The van der Waals surface area contributed by atoms with Crippen LogP contribution in [0, 0.1) is 24.0 Å². The van der Waals surface area contributed by atoms with Crippen molar-refractivity contribution in [2.24, 2.45) is 0 Å². The summed E-state index contributed by atoms with van der Waals surface area (Å²) in [5.41, 5.74) is 8.34. The summed E-state index contributed by atoms with van der Waals surface area (Å²) in [6, 6.07) is 8.55. The van der Waals surface area contributed by atoms with E-state index in [2.05, 4.69) is 10.3 Å². The summed E-state index contributed by atoms with van der Waals surface area (Å²) in [5.74, 6) is 0.382. The van der Waals surface area contributed by atoms with Gasteiger partial charge in [0.25, 0.3) is 0 Å². The number of anilines is 3. The first-order chi connectivity index (χ1) is 8.95. The molecule has 0 fully saturated rings. The maximum absolute atomic E-state index is 10.9. The number of aryl methyl sites for hydroxylation is 2. The number of nitrogens with two attached hydrogens (primary N) is 1. The summed E-state index contributed by atoms with van der Waals surface area (Å²) in [5, 5.41) is 13.9. The van der Waals surface area contributed by atoms with Crippen LogP contribution in [0.15, 0.2) is 30.3 Å². The molecule has 1 aromatic heterocycles. The van der Waals surface area contributed by atoms with E-state index in [4.69, 9.17) is 5.73 Å². The summed E-state index contributed by atoms with van der Waals surface area (Å²) < 4.78 is 0. The number of hydrogen-bond donors (Lipinski definition) is 2. The zero-order valence-corrected chi connectivity index (χ0v) is 10.7. The summed E-state index contributed by atoms with van der Waals surface area (Å²) >= 11 is 0. The third-order valence-electron chi connectivity index (χ3n) is 2.58. The monoisotopic (exact) mass is 258 g/mol. The van der Waals surface area contributed by atoms with Gasteiger partial charge in [-0.1, -0.05) is 6.07 Å². The standard InChI is InChI=1S/C13H14N4O2/c1-8-5-9(2)7-10(6-8)15-13-11(17(18)19)3-4-12(14)16-13/h3-7H,1-2H3,(H3,14,15,16). The predicted molar refractivity (Wildman–Crippen MR) is 74.5 cm³/mol. The van der Waals surface area contributed by atoms with Crippen LogP contribution in [0.1, 0.15) is 11.1 Å². The van der Waals surface area contributed by atoms with Gasteiger partial charge < -0.3 is 11.1 Å². The molecule has 6 heteroatoms.